The summed E-state index contributed by atoms with van der Waals surface area (Å²) in [6.07, 6.45) is -0.0726. The Hall–Kier alpha value is -0.640. The smallest absolute Gasteiger partial charge is 0.264 e. The summed E-state index contributed by atoms with van der Waals surface area (Å²) in [4.78, 5) is 0. The zero-order valence-corrected chi connectivity index (χ0v) is 9.64. The molecule has 0 unspecified atom stereocenters. The number of benzene rings is 1. The quantitative estimate of drug-likeness (QED) is 0.802. The van der Waals surface area contributed by atoms with Gasteiger partial charge >= 0.3 is 0 Å². The fourth-order valence-electron chi connectivity index (χ4n) is 1.29. The number of alkyl halides is 2. The summed E-state index contributed by atoms with van der Waals surface area (Å²) >= 11 is 3.19. The molecule has 1 aliphatic rings. The first-order valence-electron chi connectivity index (χ1n) is 4.86. The van der Waals surface area contributed by atoms with Crippen molar-refractivity contribution in [3.8, 4) is 5.75 Å². The van der Waals surface area contributed by atoms with Gasteiger partial charge in [-0.3, -0.25) is 0 Å². The van der Waals surface area contributed by atoms with Crippen molar-refractivity contribution in [1.82, 2.24) is 0 Å². The van der Waals surface area contributed by atoms with E-state index in [1.54, 1.807) is 6.07 Å². The van der Waals surface area contributed by atoms with Gasteiger partial charge in [0.25, 0.3) is 6.43 Å². The Bertz CT molecular complexity index is 350. The molecule has 0 heterocycles. The van der Waals surface area contributed by atoms with Crippen LogP contribution >= 0.6 is 15.9 Å². The Morgan fingerprint density at radius 1 is 1.33 bits per heavy atom. The molecule has 1 aromatic rings. The van der Waals surface area contributed by atoms with E-state index in [0.717, 1.165) is 0 Å². The van der Waals surface area contributed by atoms with E-state index < -0.39 is 6.43 Å². The van der Waals surface area contributed by atoms with Crippen molar-refractivity contribution in [1.29, 1.82) is 0 Å². The average molecular weight is 277 g/mol. The molecule has 0 atom stereocenters. The highest BCUT2D eigenvalue weighted by molar-refractivity contribution is 9.10. The average Bonchev–Trinajstić information content (AvgIpc) is 2.97. The van der Waals surface area contributed by atoms with E-state index in [-0.39, 0.29) is 5.56 Å². The van der Waals surface area contributed by atoms with Crippen molar-refractivity contribution in [3.63, 3.8) is 0 Å². The zero-order valence-electron chi connectivity index (χ0n) is 8.05. The van der Waals surface area contributed by atoms with Crippen molar-refractivity contribution in [2.45, 2.75) is 19.3 Å². The lowest BCUT2D eigenvalue weighted by Crippen LogP contribution is -1.99. The number of hydrogen-bond donors (Lipinski definition) is 0. The fourth-order valence-corrected chi connectivity index (χ4v) is 1.78. The SMILES string of the molecule is FC(F)c1cc(Br)cc(OCC2CC2)c1. The van der Waals surface area contributed by atoms with Gasteiger partial charge in [0.2, 0.25) is 0 Å². The predicted octanol–water partition coefficient (Wildman–Crippen LogP) is 4.18. The topological polar surface area (TPSA) is 9.23 Å². The molecule has 15 heavy (non-hydrogen) atoms. The van der Waals surface area contributed by atoms with Gasteiger partial charge < -0.3 is 4.74 Å². The van der Waals surface area contributed by atoms with Crippen molar-refractivity contribution in [3.05, 3.63) is 28.2 Å². The monoisotopic (exact) mass is 276 g/mol. The van der Waals surface area contributed by atoms with Gasteiger partial charge in [-0.2, -0.15) is 0 Å². The normalized spacial score (nSPS) is 15.7. The Morgan fingerprint density at radius 3 is 2.67 bits per heavy atom. The van der Waals surface area contributed by atoms with Crippen molar-refractivity contribution in [2.75, 3.05) is 6.61 Å². The zero-order chi connectivity index (χ0) is 10.8. The van der Waals surface area contributed by atoms with Gasteiger partial charge in [-0.1, -0.05) is 15.9 Å². The van der Waals surface area contributed by atoms with Crippen LogP contribution in [0.5, 0.6) is 5.75 Å². The first kappa shape index (κ1) is 10.9. The molecule has 1 nitrogen and oxygen atoms in total. The van der Waals surface area contributed by atoms with Gasteiger partial charge in [0.15, 0.2) is 0 Å². The molecule has 0 radical (unpaired) electrons. The summed E-state index contributed by atoms with van der Waals surface area (Å²) in [5.74, 6) is 1.14. The van der Waals surface area contributed by atoms with Crippen LogP contribution < -0.4 is 4.74 Å². The van der Waals surface area contributed by atoms with E-state index in [1.807, 2.05) is 0 Å². The molecule has 0 aliphatic heterocycles. The Morgan fingerprint density at radius 2 is 2.07 bits per heavy atom. The van der Waals surface area contributed by atoms with Crippen LogP contribution in [0.15, 0.2) is 22.7 Å². The van der Waals surface area contributed by atoms with Crippen LogP contribution in [0.2, 0.25) is 0 Å². The summed E-state index contributed by atoms with van der Waals surface area (Å²) in [5, 5.41) is 0. The third-order valence-electron chi connectivity index (χ3n) is 2.33. The summed E-state index contributed by atoms with van der Waals surface area (Å²) < 4.78 is 31.0. The van der Waals surface area contributed by atoms with Crippen LogP contribution in [0, 0.1) is 5.92 Å². The molecule has 0 bridgehead atoms. The van der Waals surface area contributed by atoms with Gasteiger partial charge in [-0.25, -0.2) is 8.78 Å². The largest absolute Gasteiger partial charge is 0.493 e. The molecule has 1 saturated carbocycles. The summed E-state index contributed by atoms with van der Waals surface area (Å²) in [6, 6.07) is 4.53. The molecule has 0 amide bonds. The van der Waals surface area contributed by atoms with Crippen molar-refractivity contribution in [2.24, 2.45) is 5.92 Å². The number of hydrogen-bond acceptors (Lipinski definition) is 1. The van der Waals surface area contributed by atoms with E-state index in [9.17, 15) is 8.78 Å². The van der Waals surface area contributed by atoms with Crippen LogP contribution in [0.4, 0.5) is 8.78 Å². The Balaban J connectivity index is 2.07. The highest BCUT2D eigenvalue weighted by atomic mass is 79.9. The van der Waals surface area contributed by atoms with E-state index in [1.165, 1.54) is 25.0 Å². The third-order valence-corrected chi connectivity index (χ3v) is 2.79. The van der Waals surface area contributed by atoms with E-state index in [0.29, 0.717) is 22.7 Å². The van der Waals surface area contributed by atoms with Crippen LogP contribution in [0.3, 0.4) is 0 Å². The molecule has 1 fully saturated rings. The number of ether oxygens (including phenoxy) is 1. The standard InChI is InChI=1S/C11H11BrF2O/c12-9-3-8(11(13)14)4-10(5-9)15-6-7-1-2-7/h3-5,7,11H,1-2,6H2. The minimum Gasteiger partial charge on any atom is -0.493 e. The summed E-state index contributed by atoms with van der Waals surface area (Å²) in [7, 11) is 0. The maximum absolute atomic E-state index is 12.5. The molecular formula is C11H11BrF2O. The molecule has 82 valence electrons. The highest BCUT2D eigenvalue weighted by Gasteiger charge is 2.22. The van der Waals surface area contributed by atoms with Crippen LogP contribution in [0.1, 0.15) is 24.8 Å². The van der Waals surface area contributed by atoms with Gasteiger partial charge in [0.1, 0.15) is 5.75 Å². The second-order valence-electron chi connectivity index (χ2n) is 3.78. The van der Waals surface area contributed by atoms with E-state index in [4.69, 9.17) is 4.74 Å². The first-order chi connectivity index (χ1) is 7.15. The predicted molar refractivity (Wildman–Crippen MR) is 57.3 cm³/mol. The van der Waals surface area contributed by atoms with Gasteiger partial charge in [-0.05, 0) is 37.0 Å². The minimum atomic E-state index is -2.45. The van der Waals surface area contributed by atoms with Gasteiger partial charge in [0.05, 0.1) is 6.61 Å². The number of rotatable bonds is 4. The van der Waals surface area contributed by atoms with Crippen LogP contribution in [0.25, 0.3) is 0 Å². The van der Waals surface area contributed by atoms with Gasteiger partial charge in [0, 0.05) is 10.0 Å². The molecule has 1 aliphatic carbocycles. The lowest BCUT2D eigenvalue weighted by molar-refractivity contribution is 0.150. The molecule has 4 heteroatoms. The second-order valence-corrected chi connectivity index (χ2v) is 4.69. The molecule has 2 rings (SSSR count). The Labute approximate surface area is 95.6 Å². The second kappa shape index (κ2) is 4.47. The molecule has 1 aromatic carbocycles. The third kappa shape index (κ3) is 3.16. The van der Waals surface area contributed by atoms with Crippen molar-refractivity contribution < 1.29 is 13.5 Å². The summed E-state index contributed by atoms with van der Waals surface area (Å²) in [5.41, 5.74) is -0.00447. The molecule has 0 spiro atoms. The molecule has 0 saturated heterocycles. The lowest BCUT2D eigenvalue weighted by atomic mass is 10.2. The molecular weight excluding hydrogens is 266 g/mol. The van der Waals surface area contributed by atoms with E-state index in [2.05, 4.69) is 15.9 Å². The van der Waals surface area contributed by atoms with Gasteiger partial charge in [-0.15, -0.1) is 0 Å². The van der Waals surface area contributed by atoms with Crippen LogP contribution in [-0.4, -0.2) is 6.61 Å². The fraction of sp³-hybridized carbons (Fsp3) is 0.455. The molecule has 0 aromatic heterocycles. The highest BCUT2D eigenvalue weighted by Crippen LogP contribution is 2.32. The first-order valence-corrected chi connectivity index (χ1v) is 5.66. The lowest BCUT2D eigenvalue weighted by Gasteiger charge is -2.08. The van der Waals surface area contributed by atoms with Crippen molar-refractivity contribution >= 4 is 15.9 Å². The summed E-state index contributed by atoms with van der Waals surface area (Å²) in [6.45, 7) is 0.638. The maximum atomic E-state index is 12.5. The minimum absolute atomic E-state index is 0.00447. The maximum Gasteiger partial charge on any atom is 0.264 e. The van der Waals surface area contributed by atoms with Crippen LogP contribution in [-0.2, 0) is 0 Å². The Kier molecular flexibility index (Phi) is 3.24. The molecule has 0 N–H and O–H groups in total. The number of halogens is 3. The van der Waals surface area contributed by atoms with E-state index >= 15 is 0 Å².